The Morgan fingerprint density at radius 3 is 2.42 bits per heavy atom. The lowest BCUT2D eigenvalue weighted by Gasteiger charge is -2.23. The summed E-state index contributed by atoms with van der Waals surface area (Å²) in [4.78, 5) is 41.2. The summed E-state index contributed by atoms with van der Waals surface area (Å²) in [6, 6.07) is 2.55. The van der Waals surface area contributed by atoms with Crippen LogP contribution in [0.15, 0.2) is 32.9 Å². The zero-order chi connectivity index (χ0) is 24.7. The van der Waals surface area contributed by atoms with Gasteiger partial charge in [0.15, 0.2) is 6.61 Å². The van der Waals surface area contributed by atoms with Crippen molar-refractivity contribution in [2.24, 2.45) is 12.1 Å². The van der Waals surface area contributed by atoms with Crippen molar-refractivity contribution in [3.8, 4) is 11.4 Å². The molecule has 0 saturated carbocycles. The number of hydroxylamine groups is 1. The molecule has 16 heteroatoms. The average molecular weight is 511 g/mol. The van der Waals surface area contributed by atoms with E-state index < -0.39 is 29.1 Å². The molecule has 1 aromatic carbocycles. The first-order valence-corrected chi connectivity index (χ1v) is 9.64. The van der Waals surface area contributed by atoms with Crippen LogP contribution in [0.3, 0.4) is 0 Å². The number of hydrogen-bond acceptors (Lipinski definition) is 9. The largest absolute Gasteiger partial charge is 0.484 e. The number of ether oxygens (including phenoxy) is 1. The summed E-state index contributed by atoms with van der Waals surface area (Å²) < 4.78 is 45.6. The number of halogens is 5. The fourth-order valence-electron chi connectivity index (χ4n) is 2.77. The van der Waals surface area contributed by atoms with Crippen molar-refractivity contribution in [2.75, 3.05) is 13.7 Å². The molecular weight excluding hydrogens is 496 g/mol. The third-order valence-corrected chi connectivity index (χ3v) is 4.84. The van der Waals surface area contributed by atoms with E-state index >= 15 is 0 Å². The molecule has 0 aliphatic carbocycles. The van der Waals surface area contributed by atoms with E-state index in [-0.39, 0.29) is 44.6 Å². The molecule has 1 aliphatic rings. The molecule has 0 amide bonds. The van der Waals surface area contributed by atoms with Crippen LogP contribution in [0.25, 0.3) is 5.69 Å². The second kappa shape index (κ2) is 8.96. The van der Waals surface area contributed by atoms with E-state index in [1.807, 2.05) is 0 Å². The molecule has 2 heterocycles. The first-order valence-electron chi connectivity index (χ1n) is 8.88. The number of alkyl halides is 3. The summed E-state index contributed by atoms with van der Waals surface area (Å²) in [7, 11) is 2.37. The monoisotopic (exact) mass is 510 g/mol. The number of rotatable bonds is 5. The summed E-state index contributed by atoms with van der Waals surface area (Å²) in [5.41, 5.74) is -1.70. The second-order valence-electron chi connectivity index (χ2n) is 6.57. The number of nitrogens with one attached hydrogen (secondary N) is 1. The van der Waals surface area contributed by atoms with Gasteiger partial charge in [0.2, 0.25) is 5.84 Å². The van der Waals surface area contributed by atoms with Crippen LogP contribution in [-0.2, 0) is 22.9 Å². The standard InChI is InChI=1S/C17H15Cl2F3N6O5/c1-8(29)33-28-14(23-24-26(28)3)7-32-12-5-11(9(18)4-10(12)19)27-15(30)6-13(17(20,21)22)25(2)16(27)31/h4-6,24H,7H2,1-3H3. The number of amidine groups is 1. The summed E-state index contributed by atoms with van der Waals surface area (Å²) >= 11 is 12.2. The number of carbonyl (C=O) groups is 1. The first-order chi connectivity index (χ1) is 15.3. The zero-order valence-electron chi connectivity index (χ0n) is 17.1. The van der Waals surface area contributed by atoms with E-state index in [0.29, 0.717) is 4.57 Å². The third kappa shape index (κ3) is 4.91. The summed E-state index contributed by atoms with van der Waals surface area (Å²) in [6.07, 6.45) is -4.92. The van der Waals surface area contributed by atoms with Crippen LogP contribution < -0.4 is 21.5 Å². The van der Waals surface area contributed by atoms with Crippen LogP contribution >= 0.6 is 23.2 Å². The van der Waals surface area contributed by atoms with Crippen LogP contribution in [0.2, 0.25) is 10.0 Å². The van der Waals surface area contributed by atoms with Crippen LogP contribution in [0.5, 0.6) is 5.75 Å². The van der Waals surface area contributed by atoms with Crippen LogP contribution in [0, 0.1) is 0 Å². The van der Waals surface area contributed by atoms with E-state index in [9.17, 15) is 27.6 Å². The molecule has 178 valence electrons. The fourth-order valence-corrected chi connectivity index (χ4v) is 3.29. The van der Waals surface area contributed by atoms with Gasteiger partial charge in [0, 0.05) is 33.2 Å². The van der Waals surface area contributed by atoms with Gasteiger partial charge in [-0.3, -0.25) is 9.36 Å². The van der Waals surface area contributed by atoms with Gasteiger partial charge in [0.25, 0.3) is 5.56 Å². The quantitative estimate of drug-likeness (QED) is 0.647. The van der Waals surface area contributed by atoms with Crippen molar-refractivity contribution < 1.29 is 27.5 Å². The molecule has 0 fully saturated rings. The Bertz CT molecular complexity index is 1260. The number of aromatic nitrogens is 2. The highest BCUT2D eigenvalue weighted by atomic mass is 35.5. The summed E-state index contributed by atoms with van der Waals surface area (Å²) in [5.74, 6) is -0.615. The highest BCUT2D eigenvalue weighted by Gasteiger charge is 2.35. The Labute approximate surface area is 193 Å². The number of hydrazone groups is 1. The Balaban J connectivity index is 1.98. The summed E-state index contributed by atoms with van der Waals surface area (Å²) in [6.45, 7) is 0.876. The molecule has 11 nitrogen and oxygen atoms in total. The predicted molar refractivity (Wildman–Crippen MR) is 110 cm³/mol. The minimum atomic E-state index is -4.92. The number of hydrazine groups is 2. The Kier molecular flexibility index (Phi) is 6.63. The Morgan fingerprint density at radius 2 is 1.82 bits per heavy atom. The number of nitrogens with zero attached hydrogens (tertiary/aromatic N) is 5. The SMILES string of the molecule is CC(=O)ON1C(COc2cc(-n3c(=O)cc(C(F)(F)F)n(C)c3=O)c(Cl)cc2Cl)=NNN1C. The van der Waals surface area contributed by atoms with E-state index in [1.54, 1.807) is 0 Å². The molecule has 3 rings (SSSR count). The third-order valence-electron chi connectivity index (χ3n) is 4.24. The van der Waals surface area contributed by atoms with Crippen molar-refractivity contribution in [1.82, 2.24) is 25.0 Å². The molecule has 0 unspecified atom stereocenters. The van der Waals surface area contributed by atoms with Crippen LogP contribution in [-0.4, -0.2) is 44.9 Å². The molecule has 0 saturated heterocycles. The smallest absolute Gasteiger partial charge is 0.431 e. The summed E-state index contributed by atoms with van der Waals surface area (Å²) in [5, 5.41) is 5.92. The molecule has 2 aromatic rings. The lowest BCUT2D eigenvalue weighted by molar-refractivity contribution is -0.223. The van der Waals surface area contributed by atoms with Gasteiger partial charge in [-0.15, -0.1) is 5.10 Å². The van der Waals surface area contributed by atoms with E-state index in [4.69, 9.17) is 32.8 Å². The molecule has 0 atom stereocenters. The lowest BCUT2D eigenvalue weighted by atomic mass is 10.2. The van der Waals surface area contributed by atoms with Gasteiger partial charge >= 0.3 is 17.8 Å². The maximum absolute atomic E-state index is 13.1. The maximum atomic E-state index is 13.1. The van der Waals surface area contributed by atoms with Crippen molar-refractivity contribution in [3.63, 3.8) is 0 Å². The number of hydrogen-bond donors (Lipinski definition) is 1. The first kappa shape index (κ1) is 24.4. The van der Waals surface area contributed by atoms with Gasteiger partial charge < -0.3 is 9.57 Å². The van der Waals surface area contributed by atoms with Gasteiger partial charge in [-0.25, -0.2) is 19.7 Å². The topological polar surface area (TPSA) is 110 Å². The minimum absolute atomic E-state index is 0.0283. The lowest BCUT2D eigenvalue weighted by Crippen LogP contribution is -2.45. The van der Waals surface area contributed by atoms with Gasteiger partial charge in [0.05, 0.1) is 15.7 Å². The minimum Gasteiger partial charge on any atom is -0.484 e. The second-order valence-corrected chi connectivity index (χ2v) is 7.39. The normalized spacial score (nSPS) is 14.2. The highest BCUT2D eigenvalue weighted by molar-refractivity contribution is 6.36. The van der Waals surface area contributed by atoms with Gasteiger partial charge in [-0.1, -0.05) is 33.5 Å². The van der Waals surface area contributed by atoms with Gasteiger partial charge in [-0.2, -0.15) is 13.2 Å². The van der Waals surface area contributed by atoms with Crippen LogP contribution in [0.4, 0.5) is 13.2 Å². The van der Waals surface area contributed by atoms with E-state index in [0.717, 1.165) is 24.4 Å². The van der Waals surface area contributed by atoms with E-state index in [1.165, 1.54) is 19.1 Å². The molecule has 33 heavy (non-hydrogen) atoms. The molecule has 0 spiro atoms. The van der Waals surface area contributed by atoms with Crippen molar-refractivity contribution in [3.05, 3.63) is 54.8 Å². The van der Waals surface area contributed by atoms with Crippen molar-refractivity contribution in [2.45, 2.75) is 13.1 Å². The molecule has 1 aromatic heterocycles. The molecule has 0 bridgehead atoms. The average Bonchev–Trinajstić information content (AvgIpc) is 3.03. The van der Waals surface area contributed by atoms with Crippen molar-refractivity contribution >= 4 is 35.0 Å². The maximum Gasteiger partial charge on any atom is 0.431 e. The van der Waals surface area contributed by atoms with Gasteiger partial charge in [0.1, 0.15) is 11.4 Å². The molecule has 1 aliphatic heterocycles. The fraction of sp³-hybridized carbons (Fsp3) is 0.294. The molecule has 0 radical (unpaired) electrons. The zero-order valence-corrected chi connectivity index (χ0v) is 18.6. The molecule has 1 N–H and O–H groups in total. The number of benzene rings is 1. The van der Waals surface area contributed by atoms with Crippen LogP contribution in [0.1, 0.15) is 12.6 Å². The van der Waals surface area contributed by atoms with E-state index in [2.05, 4.69) is 10.6 Å². The Morgan fingerprint density at radius 1 is 1.15 bits per heavy atom. The Hall–Kier alpha value is -3.23. The van der Waals surface area contributed by atoms with Crippen molar-refractivity contribution in [1.29, 1.82) is 0 Å². The number of carbonyl (C=O) groups excluding carboxylic acids is 1. The van der Waals surface area contributed by atoms with Gasteiger partial charge in [-0.05, 0) is 6.07 Å². The predicted octanol–water partition coefficient (Wildman–Crippen LogP) is 1.70. The highest BCUT2D eigenvalue weighted by Crippen LogP contribution is 2.33. The molecular formula is C17H15Cl2F3N6O5.